The van der Waals surface area contributed by atoms with Crippen molar-refractivity contribution in [3.63, 3.8) is 0 Å². The number of ketones is 1. The van der Waals surface area contributed by atoms with E-state index in [0.29, 0.717) is 71.7 Å². The molecular weight excluding hydrogens is 1040 g/mol. The second kappa shape index (κ2) is 28.2. The molecule has 9 rings (SSSR count). The minimum atomic E-state index is -0.595. The molecule has 0 spiro atoms. The van der Waals surface area contributed by atoms with Crippen LogP contribution in [0.2, 0.25) is 0 Å². The maximum absolute atomic E-state index is 14.2. The molecule has 3 saturated heterocycles. The highest BCUT2D eigenvalue weighted by Gasteiger charge is 2.40. The highest BCUT2D eigenvalue weighted by molar-refractivity contribution is 7.10. The fourth-order valence-corrected chi connectivity index (χ4v) is 11.6. The minimum absolute atomic E-state index is 0.0720. The number of hydrogen-bond donors (Lipinski definition) is 3. The number of carbonyl (C=O) groups is 6. The van der Waals surface area contributed by atoms with Crippen molar-refractivity contribution >= 4 is 58.0 Å². The van der Waals surface area contributed by atoms with E-state index < -0.39 is 12.1 Å². The van der Waals surface area contributed by atoms with Gasteiger partial charge < -0.3 is 54.5 Å². The first-order valence-electron chi connectivity index (χ1n) is 28.0. The molecule has 3 aromatic carbocycles. The van der Waals surface area contributed by atoms with Crippen LogP contribution in [0.4, 0.5) is 11.4 Å². The zero-order valence-corrected chi connectivity index (χ0v) is 46.4. The molecule has 0 bridgehead atoms. The monoisotopic (exact) mass is 1110 g/mol. The second-order valence-corrected chi connectivity index (χ2v) is 21.6. The van der Waals surface area contributed by atoms with Gasteiger partial charge in [-0.2, -0.15) is 0 Å². The van der Waals surface area contributed by atoms with Gasteiger partial charge in [0.05, 0.1) is 37.5 Å². The fraction of sp³-hybridized carbons (Fsp3) is 0.475. The molecule has 3 atom stereocenters. The quantitative estimate of drug-likeness (QED) is 0.0466. The number of likely N-dealkylation sites (N-methyl/N-ethyl adjacent to an activating group) is 1. The second-order valence-electron chi connectivity index (χ2n) is 20.7. The summed E-state index contributed by atoms with van der Waals surface area (Å²) in [4.78, 5) is 101. The van der Waals surface area contributed by atoms with Crippen LogP contribution in [0.25, 0.3) is 0 Å². The zero-order chi connectivity index (χ0) is 55.8. The molecule has 1 aliphatic carbocycles. The standard InChI is InChI=1S/C59H72N10O10S/c1-40(60-2)54(72)65-52(41-11-5-3-6-12-41)58(75)69-24-10-17-50(69)56-64-49(39-80-56)53(71)43-13-9-16-48(35-43)78-34-33-76-31-32-77-38-51(70)67-27-29-68(30-28-67)57(74)42-22-25-66(26-23-42)46-20-18-45(19-21-46)63-55(73)44-36-61-59(62-37-44)79-47-14-7-4-8-15-47/h4,7-9,13-16,18-21,35-37,39-42,50,52,60H,3,5-6,10-12,17,22-34,38H2,1-2H3,(H,63,73)(H,65,72)/t40-,50-,52-/m0/s1. The third-order valence-electron chi connectivity index (χ3n) is 15.4. The normalized spacial score (nSPS) is 17.9. The summed E-state index contributed by atoms with van der Waals surface area (Å²) in [5, 5.41) is 11.4. The number of piperidine rings is 1. The number of para-hydroxylation sites is 1. The first-order chi connectivity index (χ1) is 39.0. The summed E-state index contributed by atoms with van der Waals surface area (Å²) < 4.78 is 22.9. The predicted octanol–water partition coefficient (Wildman–Crippen LogP) is 6.54. The van der Waals surface area contributed by atoms with Crippen molar-refractivity contribution in [3.05, 3.63) is 118 Å². The molecule has 20 nitrogen and oxygen atoms in total. The van der Waals surface area contributed by atoms with Gasteiger partial charge in [-0.15, -0.1) is 11.3 Å². The summed E-state index contributed by atoms with van der Waals surface area (Å²) in [7, 11) is 1.73. The molecule has 3 N–H and O–H groups in total. The molecule has 4 fully saturated rings. The van der Waals surface area contributed by atoms with Gasteiger partial charge in [-0.05, 0) is 107 Å². The van der Waals surface area contributed by atoms with Gasteiger partial charge >= 0.3 is 6.01 Å². The average Bonchev–Trinajstić information content (AvgIpc) is 4.21. The van der Waals surface area contributed by atoms with Crippen molar-refractivity contribution in [2.24, 2.45) is 11.8 Å². The van der Waals surface area contributed by atoms with E-state index in [-0.39, 0.29) is 92.2 Å². The van der Waals surface area contributed by atoms with Crippen molar-refractivity contribution in [2.75, 3.05) is 96.1 Å². The van der Waals surface area contributed by atoms with E-state index in [2.05, 4.69) is 30.8 Å². The number of piperazine rings is 1. The number of ether oxygens (including phenoxy) is 4. The molecule has 21 heteroatoms. The van der Waals surface area contributed by atoms with Gasteiger partial charge in [0.15, 0.2) is 0 Å². The van der Waals surface area contributed by atoms with E-state index in [1.165, 1.54) is 23.7 Å². The summed E-state index contributed by atoms with van der Waals surface area (Å²) in [6.07, 6.45) is 10.9. The van der Waals surface area contributed by atoms with Crippen LogP contribution in [-0.4, -0.2) is 163 Å². The zero-order valence-electron chi connectivity index (χ0n) is 45.6. The number of nitrogens with one attached hydrogen (secondary N) is 3. The highest BCUT2D eigenvalue weighted by atomic mass is 32.1. The Labute approximate surface area is 470 Å². The SMILES string of the molecule is CN[C@@H](C)C(=O)N[C@H](C(=O)N1CCC[C@H]1c1nc(C(=O)c2cccc(OCCOCCOCC(=O)N3CCN(C(=O)C4CCN(c5ccc(NC(=O)c6cnc(Oc7ccccc7)nc6)cc5)CC4)CC3)c2)cs1)C1CCCCC1. The van der Waals surface area contributed by atoms with E-state index in [1.807, 2.05) is 52.3 Å². The maximum atomic E-state index is 14.2. The summed E-state index contributed by atoms with van der Waals surface area (Å²) in [5.74, 6) is 0.278. The lowest BCUT2D eigenvalue weighted by molar-refractivity contribution is -0.145. The van der Waals surface area contributed by atoms with Crippen molar-refractivity contribution < 1.29 is 47.7 Å². The number of carbonyl (C=O) groups excluding carboxylic acids is 6. The molecule has 5 aromatic rings. The molecule has 3 aliphatic heterocycles. The van der Waals surface area contributed by atoms with Gasteiger partial charge in [0.2, 0.25) is 29.4 Å². The molecule has 1 saturated carbocycles. The number of nitrogens with zero attached hydrogens (tertiary/aromatic N) is 7. The summed E-state index contributed by atoms with van der Waals surface area (Å²) >= 11 is 1.38. The van der Waals surface area contributed by atoms with E-state index in [9.17, 15) is 28.8 Å². The van der Waals surface area contributed by atoms with Gasteiger partial charge in [-0.25, -0.2) is 15.0 Å². The molecule has 424 valence electrons. The number of amides is 5. The van der Waals surface area contributed by atoms with Crippen molar-refractivity contribution in [1.29, 1.82) is 0 Å². The van der Waals surface area contributed by atoms with Crippen LogP contribution in [0.1, 0.15) is 102 Å². The average molecular weight is 1110 g/mol. The number of hydrogen-bond acceptors (Lipinski definition) is 16. The third-order valence-corrected chi connectivity index (χ3v) is 16.3. The van der Waals surface area contributed by atoms with E-state index in [4.69, 9.17) is 23.9 Å². The Morgan fingerprint density at radius 1 is 0.713 bits per heavy atom. The topological polar surface area (TPSA) is 227 Å². The third kappa shape index (κ3) is 15.1. The Morgan fingerprint density at radius 3 is 2.15 bits per heavy atom. The lowest BCUT2D eigenvalue weighted by Crippen LogP contribution is -2.55. The Balaban J connectivity index is 0.628. The van der Waals surface area contributed by atoms with Gasteiger partial charge in [-0.3, -0.25) is 28.8 Å². The molecule has 4 aliphatic rings. The first kappa shape index (κ1) is 57.4. The smallest absolute Gasteiger partial charge is 0.321 e. The molecule has 0 unspecified atom stereocenters. The van der Waals surface area contributed by atoms with Crippen LogP contribution in [-0.2, 0) is 28.7 Å². The minimum Gasteiger partial charge on any atom is -0.491 e. The van der Waals surface area contributed by atoms with Crippen molar-refractivity contribution in [1.82, 2.24) is 40.3 Å². The number of rotatable bonds is 23. The van der Waals surface area contributed by atoms with Gasteiger partial charge in [0, 0.05) is 86.4 Å². The van der Waals surface area contributed by atoms with Crippen molar-refractivity contribution in [2.45, 2.75) is 82.8 Å². The van der Waals surface area contributed by atoms with Crippen LogP contribution in [0.5, 0.6) is 17.5 Å². The fourth-order valence-electron chi connectivity index (χ4n) is 10.7. The Hall–Kier alpha value is -7.33. The van der Waals surface area contributed by atoms with Gasteiger partial charge in [0.25, 0.3) is 5.91 Å². The number of anilines is 2. The van der Waals surface area contributed by atoms with Gasteiger partial charge in [-0.1, -0.05) is 49.6 Å². The van der Waals surface area contributed by atoms with Crippen LogP contribution in [0.3, 0.4) is 0 Å². The predicted molar refractivity (Wildman–Crippen MR) is 301 cm³/mol. The Bertz CT molecular complexity index is 2870. The first-order valence-corrected chi connectivity index (χ1v) is 28.8. The van der Waals surface area contributed by atoms with Gasteiger partial charge in [0.1, 0.15) is 41.5 Å². The summed E-state index contributed by atoms with van der Waals surface area (Å²) in [6, 6.07) is 22.6. The Kier molecular flexibility index (Phi) is 20.2. The van der Waals surface area contributed by atoms with E-state index in [1.54, 1.807) is 60.6 Å². The molecule has 0 radical (unpaired) electrons. The largest absolute Gasteiger partial charge is 0.491 e. The number of likely N-dealkylation sites (tertiary alicyclic amines) is 1. The number of benzene rings is 3. The molecule has 5 amide bonds. The molecule has 5 heterocycles. The summed E-state index contributed by atoms with van der Waals surface area (Å²) in [5.41, 5.74) is 2.69. The van der Waals surface area contributed by atoms with Crippen LogP contribution in [0, 0.1) is 11.8 Å². The van der Waals surface area contributed by atoms with Crippen LogP contribution >= 0.6 is 11.3 Å². The highest BCUT2D eigenvalue weighted by Crippen LogP contribution is 2.37. The van der Waals surface area contributed by atoms with E-state index in [0.717, 1.165) is 76.6 Å². The molecular formula is C59H72N10O10S. The lowest BCUT2D eigenvalue weighted by Gasteiger charge is -2.39. The van der Waals surface area contributed by atoms with Crippen LogP contribution < -0.4 is 30.3 Å². The lowest BCUT2D eigenvalue weighted by atomic mass is 9.83. The number of thiazole rings is 1. The van der Waals surface area contributed by atoms with Crippen molar-refractivity contribution in [3.8, 4) is 17.5 Å². The summed E-state index contributed by atoms with van der Waals surface area (Å²) in [6.45, 7) is 6.58. The van der Waals surface area contributed by atoms with E-state index >= 15 is 0 Å². The van der Waals surface area contributed by atoms with Crippen LogP contribution in [0.15, 0.2) is 96.6 Å². The maximum Gasteiger partial charge on any atom is 0.321 e. The number of aromatic nitrogens is 3. The molecule has 80 heavy (non-hydrogen) atoms. The molecule has 2 aromatic heterocycles. The Morgan fingerprint density at radius 2 is 1.41 bits per heavy atom.